The topological polar surface area (TPSA) is 55.0 Å². The van der Waals surface area contributed by atoms with Crippen molar-refractivity contribution in [2.45, 2.75) is 20.3 Å². The van der Waals surface area contributed by atoms with E-state index in [0.29, 0.717) is 23.5 Å². The SMILES string of the molecule is CC1CC(C)CN(c2cc(N)nc(-c3ccccc3)n2)C1. The lowest BCUT2D eigenvalue weighted by molar-refractivity contribution is 0.355. The Balaban J connectivity index is 1.94. The highest BCUT2D eigenvalue weighted by Crippen LogP contribution is 2.27. The standard InChI is InChI=1S/C17H22N4/c1-12-8-13(2)11-21(10-12)16-9-15(18)19-17(20-16)14-6-4-3-5-7-14/h3-7,9,12-13H,8,10-11H2,1-2H3,(H2,18,19,20). The molecule has 1 saturated heterocycles. The summed E-state index contributed by atoms with van der Waals surface area (Å²) < 4.78 is 0. The summed E-state index contributed by atoms with van der Waals surface area (Å²) in [5, 5.41) is 0. The second-order valence-electron chi connectivity index (χ2n) is 6.19. The van der Waals surface area contributed by atoms with Gasteiger partial charge in [0.05, 0.1) is 0 Å². The summed E-state index contributed by atoms with van der Waals surface area (Å²) in [5.74, 6) is 3.55. The molecule has 0 saturated carbocycles. The van der Waals surface area contributed by atoms with E-state index in [1.54, 1.807) is 0 Å². The van der Waals surface area contributed by atoms with Crippen LogP contribution in [0.2, 0.25) is 0 Å². The summed E-state index contributed by atoms with van der Waals surface area (Å²) in [6, 6.07) is 11.9. The van der Waals surface area contributed by atoms with Crippen LogP contribution in [0.1, 0.15) is 20.3 Å². The molecule has 1 aliphatic rings. The summed E-state index contributed by atoms with van der Waals surface area (Å²) >= 11 is 0. The van der Waals surface area contributed by atoms with Crippen molar-refractivity contribution in [3.05, 3.63) is 36.4 Å². The van der Waals surface area contributed by atoms with Gasteiger partial charge in [-0.15, -0.1) is 0 Å². The van der Waals surface area contributed by atoms with Gasteiger partial charge >= 0.3 is 0 Å². The number of nitrogen functional groups attached to an aromatic ring is 1. The minimum absolute atomic E-state index is 0.532. The van der Waals surface area contributed by atoms with Crippen LogP contribution in [0.4, 0.5) is 11.6 Å². The van der Waals surface area contributed by atoms with Gasteiger partial charge in [0.1, 0.15) is 11.6 Å². The van der Waals surface area contributed by atoms with Gasteiger partial charge in [-0.3, -0.25) is 0 Å². The molecule has 2 atom stereocenters. The molecule has 0 aliphatic carbocycles. The third-order valence-electron chi connectivity index (χ3n) is 3.96. The summed E-state index contributed by atoms with van der Waals surface area (Å²) in [6.45, 7) is 6.67. The number of anilines is 2. The fourth-order valence-corrected chi connectivity index (χ4v) is 3.18. The van der Waals surface area contributed by atoms with Crippen LogP contribution in [0.15, 0.2) is 36.4 Å². The molecule has 1 fully saturated rings. The molecule has 3 rings (SSSR count). The average molecular weight is 282 g/mol. The van der Waals surface area contributed by atoms with Gasteiger partial charge in [0.15, 0.2) is 5.82 Å². The second-order valence-corrected chi connectivity index (χ2v) is 6.19. The van der Waals surface area contributed by atoms with Gasteiger partial charge in [-0.05, 0) is 18.3 Å². The van der Waals surface area contributed by atoms with Gasteiger partial charge in [-0.25, -0.2) is 9.97 Å². The van der Waals surface area contributed by atoms with Crippen LogP contribution in [0.25, 0.3) is 11.4 Å². The molecule has 2 heterocycles. The normalized spacial score (nSPS) is 22.3. The number of nitrogens with zero attached hydrogens (tertiary/aromatic N) is 3. The molecule has 110 valence electrons. The number of rotatable bonds is 2. The zero-order valence-electron chi connectivity index (χ0n) is 12.7. The highest BCUT2D eigenvalue weighted by atomic mass is 15.2. The Labute approximate surface area is 126 Å². The van der Waals surface area contributed by atoms with Crippen LogP contribution in [-0.4, -0.2) is 23.1 Å². The van der Waals surface area contributed by atoms with Crippen molar-refractivity contribution in [2.24, 2.45) is 11.8 Å². The molecule has 2 N–H and O–H groups in total. The number of hydrogen-bond acceptors (Lipinski definition) is 4. The lowest BCUT2D eigenvalue weighted by atomic mass is 9.92. The molecule has 2 aromatic rings. The van der Waals surface area contributed by atoms with E-state index in [9.17, 15) is 0 Å². The molecule has 4 nitrogen and oxygen atoms in total. The van der Waals surface area contributed by atoms with Crippen LogP contribution >= 0.6 is 0 Å². The van der Waals surface area contributed by atoms with Gasteiger partial charge in [0.25, 0.3) is 0 Å². The predicted molar refractivity (Wildman–Crippen MR) is 87.0 cm³/mol. The van der Waals surface area contributed by atoms with Gasteiger partial charge in [-0.1, -0.05) is 44.2 Å². The molecule has 0 bridgehead atoms. The van der Waals surface area contributed by atoms with Crippen molar-refractivity contribution < 1.29 is 0 Å². The Morgan fingerprint density at radius 3 is 2.38 bits per heavy atom. The molecule has 0 radical (unpaired) electrons. The van der Waals surface area contributed by atoms with E-state index in [-0.39, 0.29) is 0 Å². The van der Waals surface area contributed by atoms with Gasteiger partial charge in [0, 0.05) is 24.7 Å². The third-order valence-corrected chi connectivity index (χ3v) is 3.96. The number of piperidine rings is 1. The molecule has 2 unspecified atom stereocenters. The Hall–Kier alpha value is -2.10. The number of nitrogens with two attached hydrogens (primary N) is 1. The Morgan fingerprint density at radius 2 is 1.71 bits per heavy atom. The van der Waals surface area contributed by atoms with Crippen molar-refractivity contribution >= 4 is 11.6 Å². The van der Waals surface area contributed by atoms with Gasteiger partial charge in [-0.2, -0.15) is 0 Å². The first kappa shape index (κ1) is 13.9. The van der Waals surface area contributed by atoms with Gasteiger partial charge in [0.2, 0.25) is 0 Å². The maximum atomic E-state index is 5.99. The molecule has 4 heteroatoms. The monoisotopic (exact) mass is 282 g/mol. The van der Waals surface area contributed by atoms with Crippen molar-refractivity contribution in [1.82, 2.24) is 9.97 Å². The van der Waals surface area contributed by atoms with E-state index < -0.39 is 0 Å². The first-order valence-electron chi connectivity index (χ1n) is 7.56. The van der Waals surface area contributed by atoms with Crippen LogP contribution < -0.4 is 10.6 Å². The number of benzene rings is 1. The van der Waals surface area contributed by atoms with Crippen molar-refractivity contribution in [2.75, 3.05) is 23.7 Å². The number of hydrogen-bond donors (Lipinski definition) is 1. The Bertz CT molecular complexity index is 601. The van der Waals surface area contributed by atoms with E-state index >= 15 is 0 Å². The molecule has 21 heavy (non-hydrogen) atoms. The zero-order valence-corrected chi connectivity index (χ0v) is 12.7. The maximum Gasteiger partial charge on any atom is 0.163 e. The molecule has 1 aliphatic heterocycles. The van der Waals surface area contributed by atoms with E-state index in [1.165, 1.54) is 6.42 Å². The fourth-order valence-electron chi connectivity index (χ4n) is 3.18. The summed E-state index contributed by atoms with van der Waals surface area (Å²) in [6.07, 6.45) is 1.28. The second kappa shape index (κ2) is 5.72. The lowest BCUT2D eigenvalue weighted by Crippen LogP contribution is -2.39. The van der Waals surface area contributed by atoms with E-state index in [1.807, 2.05) is 36.4 Å². The summed E-state index contributed by atoms with van der Waals surface area (Å²) in [5.41, 5.74) is 7.00. The fraction of sp³-hybridized carbons (Fsp3) is 0.412. The molecule has 1 aromatic heterocycles. The van der Waals surface area contributed by atoms with E-state index in [0.717, 1.165) is 24.5 Å². The largest absolute Gasteiger partial charge is 0.384 e. The summed E-state index contributed by atoms with van der Waals surface area (Å²) in [7, 11) is 0. The van der Waals surface area contributed by atoms with Crippen LogP contribution in [0.3, 0.4) is 0 Å². The highest BCUT2D eigenvalue weighted by Gasteiger charge is 2.23. The maximum absolute atomic E-state index is 5.99. The summed E-state index contributed by atoms with van der Waals surface area (Å²) in [4.78, 5) is 11.4. The van der Waals surface area contributed by atoms with E-state index in [2.05, 4.69) is 23.7 Å². The van der Waals surface area contributed by atoms with Gasteiger partial charge < -0.3 is 10.6 Å². The third kappa shape index (κ3) is 3.15. The minimum atomic E-state index is 0.532. The van der Waals surface area contributed by atoms with Crippen LogP contribution in [0.5, 0.6) is 0 Å². The Morgan fingerprint density at radius 1 is 1.05 bits per heavy atom. The highest BCUT2D eigenvalue weighted by molar-refractivity contribution is 5.60. The van der Waals surface area contributed by atoms with Crippen molar-refractivity contribution in [3.8, 4) is 11.4 Å². The smallest absolute Gasteiger partial charge is 0.163 e. The molecular formula is C17H22N4. The first-order chi connectivity index (χ1) is 10.1. The van der Waals surface area contributed by atoms with Crippen molar-refractivity contribution in [1.29, 1.82) is 0 Å². The molecular weight excluding hydrogens is 260 g/mol. The van der Waals surface area contributed by atoms with E-state index in [4.69, 9.17) is 10.7 Å². The van der Waals surface area contributed by atoms with Crippen molar-refractivity contribution in [3.63, 3.8) is 0 Å². The minimum Gasteiger partial charge on any atom is -0.384 e. The first-order valence-corrected chi connectivity index (χ1v) is 7.56. The quantitative estimate of drug-likeness (QED) is 0.919. The molecule has 1 aromatic carbocycles. The van der Waals surface area contributed by atoms with Crippen LogP contribution in [-0.2, 0) is 0 Å². The molecule has 0 amide bonds. The Kier molecular flexibility index (Phi) is 3.78. The average Bonchev–Trinajstić information content (AvgIpc) is 2.46. The molecule has 0 spiro atoms. The lowest BCUT2D eigenvalue weighted by Gasteiger charge is -2.35. The number of aromatic nitrogens is 2. The predicted octanol–water partition coefficient (Wildman–Crippen LogP) is 3.21. The zero-order chi connectivity index (χ0) is 14.8. The van der Waals surface area contributed by atoms with Crippen LogP contribution in [0, 0.1) is 11.8 Å².